The Hall–Kier alpha value is -0.0800. The van der Waals surface area contributed by atoms with Gasteiger partial charge in [0, 0.05) is 12.6 Å². The first-order valence-corrected chi connectivity index (χ1v) is 4.17. The summed E-state index contributed by atoms with van der Waals surface area (Å²) >= 11 is 0. The van der Waals surface area contributed by atoms with Gasteiger partial charge in [-0.1, -0.05) is 0 Å². The predicted molar refractivity (Wildman–Crippen MR) is 39.4 cm³/mol. The smallest absolute Gasteiger partial charge is 0.0462 e. The summed E-state index contributed by atoms with van der Waals surface area (Å²) in [4.78, 5) is 0. The lowest BCUT2D eigenvalue weighted by atomic mass is 9.86. The van der Waals surface area contributed by atoms with Gasteiger partial charge < -0.3 is 10.8 Å². The molecule has 0 amide bonds. The third kappa shape index (κ3) is 0.789. The molecule has 0 aromatic carbocycles. The van der Waals surface area contributed by atoms with Gasteiger partial charge in [-0.25, -0.2) is 0 Å². The van der Waals surface area contributed by atoms with Gasteiger partial charge in [-0.3, -0.25) is 0 Å². The van der Waals surface area contributed by atoms with Crippen molar-refractivity contribution in [1.29, 1.82) is 0 Å². The van der Waals surface area contributed by atoms with Crippen LogP contribution in [0.2, 0.25) is 0 Å². The molecule has 2 aliphatic carbocycles. The molecule has 0 saturated heterocycles. The molecule has 0 aromatic rings. The van der Waals surface area contributed by atoms with Crippen molar-refractivity contribution >= 4 is 0 Å². The molecule has 4 atom stereocenters. The molecule has 3 N–H and O–H groups in total. The van der Waals surface area contributed by atoms with Crippen LogP contribution < -0.4 is 5.73 Å². The molecule has 2 fully saturated rings. The van der Waals surface area contributed by atoms with Crippen molar-refractivity contribution in [2.45, 2.75) is 25.3 Å². The number of aliphatic hydroxyl groups excluding tert-OH is 1. The minimum atomic E-state index is 0.356. The van der Waals surface area contributed by atoms with Gasteiger partial charge in [-0.15, -0.1) is 0 Å². The normalized spacial score (nSPS) is 52.2. The van der Waals surface area contributed by atoms with Gasteiger partial charge in [-0.05, 0) is 37.0 Å². The second-order valence-corrected chi connectivity index (χ2v) is 3.84. The summed E-state index contributed by atoms with van der Waals surface area (Å²) < 4.78 is 0. The molecular weight excluding hydrogens is 126 g/mol. The van der Waals surface area contributed by atoms with Crippen LogP contribution in [0.25, 0.3) is 0 Å². The van der Waals surface area contributed by atoms with Crippen LogP contribution in [0.1, 0.15) is 19.3 Å². The van der Waals surface area contributed by atoms with Crippen LogP contribution in [0, 0.1) is 17.8 Å². The van der Waals surface area contributed by atoms with Gasteiger partial charge >= 0.3 is 0 Å². The van der Waals surface area contributed by atoms with Gasteiger partial charge in [-0.2, -0.15) is 0 Å². The van der Waals surface area contributed by atoms with Crippen molar-refractivity contribution in [2.24, 2.45) is 23.5 Å². The Bertz CT molecular complexity index is 135. The van der Waals surface area contributed by atoms with Crippen LogP contribution in [-0.4, -0.2) is 17.8 Å². The van der Waals surface area contributed by atoms with Crippen molar-refractivity contribution in [3.05, 3.63) is 0 Å². The monoisotopic (exact) mass is 141 g/mol. The summed E-state index contributed by atoms with van der Waals surface area (Å²) in [5, 5.41) is 8.95. The highest BCUT2D eigenvalue weighted by atomic mass is 16.3. The number of aliphatic hydroxyl groups is 1. The van der Waals surface area contributed by atoms with Crippen molar-refractivity contribution in [3.8, 4) is 0 Å². The minimum Gasteiger partial charge on any atom is -0.396 e. The number of nitrogens with two attached hydrogens (primary N) is 1. The number of fused-ring (bicyclic) bond motifs is 2. The first-order valence-electron chi connectivity index (χ1n) is 4.17. The molecule has 0 spiro atoms. The van der Waals surface area contributed by atoms with Crippen LogP contribution in [-0.2, 0) is 0 Å². The van der Waals surface area contributed by atoms with E-state index in [-0.39, 0.29) is 0 Å². The topological polar surface area (TPSA) is 46.2 Å². The van der Waals surface area contributed by atoms with Gasteiger partial charge in [0.2, 0.25) is 0 Å². The van der Waals surface area contributed by atoms with Crippen LogP contribution in [0.4, 0.5) is 0 Å². The van der Waals surface area contributed by atoms with Crippen molar-refractivity contribution < 1.29 is 5.11 Å². The van der Waals surface area contributed by atoms with Crippen molar-refractivity contribution in [2.75, 3.05) is 6.61 Å². The second-order valence-electron chi connectivity index (χ2n) is 3.84. The number of rotatable bonds is 1. The van der Waals surface area contributed by atoms with Gasteiger partial charge in [0.05, 0.1) is 0 Å². The molecule has 2 saturated carbocycles. The molecule has 0 aliphatic heterocycles. The standard InChI is InChI=1S/C8H15NO/c9-8-3-5-1-6(4-10)7(8)2-5/h5-8,10H,1-4,9H2/t5-,6+,7-,8+/m0/s1. The van der Waals surface area contributed by atoms with E-state index in [1.54, 1.807) is 0 Å². The van der Waals surface area contributed by atoms with Gasteiger partial charge in [0.1, 0.15) is 0 Å². The van der Waals surface area contributed by atoms with E-state index in [1.807, 2.05) is 0 Å². The third-order valence-corrected chi connectivity index (χ3v) is 3.24. The summed E-state index contributed by atoms with van der Waals surface area (Å²) in [6.07, 6.45) is 3.72. The summed E-state index contributed by atoms with van der Waals surface area (Å²) in [5.74, 6) is 2.03. The molecule has 2 rings (SSSR count). The zero-order valence-electron chi connectivity index (χ0n) is 6.16. The van der Waals surface area contributed by atoms with Crippen molar-refractivity contribution in [1.82, 2.24) is 0 Å². The quantitative estimate of drug-likeness (QED) is 0.553. The summed E-state index contributed by atoms with van der Waals surface area (Å²) in [6.45, 7) is 0.356. The van der Waals surface area contributed by atoms with E-state index >= 15 is 0 Å². The first kappa shape index (κ1) is 6.62. The molecule has 2 heteroatoms. The largest absolute Gasteiger partial charge is 0.396 e. The van der Waals surface area contributed by atoms with E-state index < -0.39 is 0 Å². The Morgan fingerprint density at radius 3 is 2.50 bits per heavy atom. The molecule has 0 aromatic heterocycles. The zero-order chi connectivity index (χ0) is 7.14. The van der Waals surface area contributed by atoms with Gasteiger partial charge in [0.15, 0.2) is 0 Å². The highest BCUT2D eigenvalue weighted by Gasteiger charge is 2.43. The second kappa shape index (κ2) is 2.21. The van der Waals surface area contributed by atoms with E-state index in [2.05, 4.69) is 0 Å². The maximum atomic E-state index is 8.95. The van der Waals surface area contributed by atoms with E-state index in [0.717, 1.165) is 5.92 Å². The van der Waals surface area contributed by atoms with Crippen LogP contribution in [0.3, 0.4) is 0 Å². The molecular formula is C8H15NO. The molecule has 0 radical (unpaired) electrons. The number of hydrogen-bond donors (Lipinski definition) is 2. The minimum absolute atomic E-state index is 0.356. The average molecular weight is 141 g/mol. The highest BCUT2D eigenvalue weighted by Crippen LogP contribution is 2.47. The van der Waals surface area contributed by atoms with Crippen molar-refractivity contribution in [3.63, 3.8) is 0 Å². The molecule has 58 valence electrons. The predicted octanol–water partition coefficient (Wildman–Crippen LogP) is 0.352. The fraction of sp³-hybridized carbons (Fsp3) is 1.00. The third-order valence-electron chi connectivity index (χ3n) is 3.24. The molecule has 2 aliphatic rings. The molecule has 2 nitrogen and oxygen atoms in total. The number of hydrogen-bond acceptors (Lipinski definition) is 2. The Kier molecular flexibility index (Phi) is 1.46. The van der Waals surface area contributed by atoms with E-state index in [0.29, 0.717) is 24.5 Å². The molecule has 10 heavy (non-hydrogen) atoms. The highest BCUT2D eigenvalue weighted by molar-refractivity contribution is 4.97. The Labute approximate surface area is 61.4 Å². The summed E-state index contributed by atoms with van der Waals surface area (Å²) in [7, 11) is 0. The Balaban J connectivity index is 2.06. The summed E-state index contributed by atoms with van der Waals surface area (Å²) in [6, 6.07) is 0.399. The lowest BCUT2D eigenvalue weighted by Crippen LogP contribution is -2.33. The fourth-order valence-electron chi connectivity index (χ4n) is 2.76. The average Bonchev–Trinajstić information content (AvgIpc) is 2.44. The van der Waals surface area contributed by atoms with Crippen LogP contribution >= 0.6 is 0 Å². The lowest BCUT2D eigenvalue weighted by Gasteiger charge is -2.24. The van der Waals surface area contributed by atoms with E-state index in [1.165, 1.54) is 19.3 Å². The lowest BCUT2D eigenvalue weighted by molar-refractivity contribution is 0.166. The Morgan fingerprint density at radius 2 is 2.10 bits per heavy atom. The van der Waals surface area contributed by atoms with E-state index in [9.17, 15) is 0 Å². The Morgan fingerprint density at radius 1 is 1.30 bits per heavy atom. The van der Waals surface area contributed by atoms with Crippen LogP contribution in [0.5, 0.6) is 0 Å². The molecule has 0 unspecified atom stereocenters. The summed E-state index contributed by atoms with van der Waals surface area (Å²) in [5.41, 5.74) is 5.87. The van der Waals surface area contributed by atoms with Crippen LogP contribution in [0.15, 0.2) is 0 Å². The fourth-order valence-corrected chi connectivity index (χ4v) is 2.76. The SMILES string of the molecule is N[C@@H]1C[C@H]2C[C@H](CO)[C@@H]1C2. The van der Waals surface area contributed by atoms with E-state index in [4.69, 9.17) is 10.8 Å². The molecule has 0 heterocycles. The van der Waals surface area contributed by atoms with Gasteiger partial charge in [0.25, 0.3) is 0 Å². The first-order chi connectivity index (χ1) is 4.81. The maximum absolute atomic E-state index is 8.95. The zero-order valence-corrected chi connectivity index (χ0v) is 6.16. The molecule has 2 bridgehead atoms. The maximum Gasteiger partial charge on any atom is 0.0462 e.